The third-order valence-electron chi connectivity index (χ3n) is 31.5. The van der Waals surface area contributed by atoms with Crippen LogP contribution < -0.4 is 26.6 Å². The standard InChI is InChI=1S/C14H25N.C13H23NO2.C13H23N.C12H21NO2.2C11H20N2O.2C11H20N2.C10H18N2O/c1-12(2)11-15-8-6-14(7-9-15)5-4-13(3)10-14;1-10(2)7-14-8-11(12(15)16)13(9-14)5-3-4-6-13;1-10(2)6-12-4-5-13(8-12)7-11(3)14-9-13;1-9(2)6-13-7-10-4-3-5-12(10,8-13)11(14)15;1-9(2)4-12-5-11(6-12)7-13(8-11)10(3)14;1-9(2)7-13-6-5-11(8-13)4-3-10(14)12-11;2*1-9(2)5-13-7-11(8-13)4-10(3)12-6-11;1-8(2)4-12-6-10(7-12)5-11-9(3)13-10/h12H,3-11H2,1-2H3;10-11H,3-9H2,1-2H3,(H,15,16);10,12,14H,3-9H2,1-2H3;9-10H,3-8H2,1-2H3,(H,14,15);9H,4-8H2,1-3H3;9H,3-8H2,1-2H3,(H,12,14);2*9,12H,3-8H2,1-2H3;8,11H,3-7H2,1-2H3/t;;;10-,12-;;;;;/m...0...../s1. The average molecular weight is 1770 g/mol. The summed E-state index contributed by atoms with van der Waals surface area (Å²) in [5.41, 5.74) is 8.07. The molecular weight excluding hydrogens is 1580 g/mol. The van der Waals surface area contributed by atoms with Crippen molar-refractivity contribution in [2.24, 2.45) is 109 Å². The lowest BCUT2D eigenvalue weighted by molar-refractivity contribution is -0.157. The molecule has 14 heterocycles. The molecule has 4 saturated carbocycles. The van der Waals surface area contributed by atoms with Crippen molar-refractivity contribution in [3.05, 3.63) is 61.4 Å². The number of hydrogen-bond acceptors (Lipinski definition) is 17. The molecule has 14 saturated heterocycles. The third-order valence-corrected chi connectivity index (χ3v) is 31.5. The van der Waals surface area contributed by atoms with Crippen LogP contribution in [0.5, 0.6) is 0 Å². The maximum absolute atomic E-state index is 11.4. The first-order valence-electron chi connectivity index (χ1n) is 51.5. The molecule has 0 aromatic carbocycles. The Morgan fingerprint density at radius 2 is 0.874 bits per heavy atom. The van der Waals surface area contributed by atoms with E-state index in [1.807, 2.05) is 4.90 Å². The van der Waals surface area contributed by atoms with Crippen LogP contribution in [0.25, 0.3) is 0 Å². The van der Waals surface area contributed by atoms with Crippen LogP contribution in [0.1, 0.15) is 273 Å². The Balaban J connectivity index is 0.000000149. The number of piperidine rings is 1. The van der Waals surface area contributed by atoms with Gasteiger partial charge in [-0.3, -0.25) is 24.1 Å². The van der Waals surface area contributed by atoms with Crippen LogP contribution in [0, 0.1) is 109 Å². The van der Waals surface area contributed by atoms with Crippen molar-refractivity contribution in [2.45, 2.75) is 284 Å². The number of amides is 2. The maximum atomic E-state index is 11.4. The fraction of sp³-hybridized carbons (Fsp3) is 0.868. The van der Waals surface area contributed by atoms with Crippen molar-refractivity contribution in [1.82, 2.24) is 70.7 Å². The number of allylic oxidation sites excluding steroid dienone is 4. The SMILES string of the molecule is C=C1CC2(CCC(CC(C)C)C2)CN1.C=C1CC2(CN1)CN(CC(C)C)C2.C=C1CC2(CN1)CN(CC(C)C)C2.C=C1CCC2(CCN(CC(C)C)CC2)C1.C=C1NCC2(CN(CC(C)C)C2)O1.CC(=O)N1CC2(CN(CC(C)C)C2)C1.CC(C)CN1CC(C(=O)O)C2(CCCC2)C1.CC(C)CN1CCC2(CCC(=O)N2)C1.CC(C)CN1C[C@@H]2CCC[C@]2(C(=O)O)C1. The minimum Gasteiger partial charge on any atom is -0.481 e. The predicted molar refractivity (Wildman–Crippen MR) is 524 cm³/mol. The Morgan fingerprint density at radius 3 is 1.28 bits per heavy atom. The molecule has 0 aromatic rings. The van der Waals surface area contributed by atoms with Crippen molar-refractivity contribution in [2.75, 3.05) is 196 Å². The molecule has 726 valence electrons. The smallest absolute Gasteiger partial charge is 0.311 e. The number of likely N-dealkylation sites (tertiary alicyclic amines) is 9. The van der Waals surface area contributed by atoms with Gasteiger partial charge in [-0.2, -0.15) is 0 Å². The second-order valence-electron chi connectivity index (χ2n) is 49.3. The van der Waals surface area contributed by atoms with E-state index in [-0.39, 0.29) is 34.3 Å². The lowest BCUT2D eigenvalue weighted by Gasteiger charge is -2.60. The predicted octanol–water partition coefficient (Wildman–Crippen LogP) is 16.3. The van der Waals surface area contributed by atoms with Gasteiger partial charge in [-0.25, -0.2) is 0 Å². The number of carbonyl (C=O) groups is 4. The number of rotatable bonds is 20. The zero-order valence-corrected chi connectivity index (χ0v) is 84.7. The Kier molecular flexibility index (Phi) is 37.0. The highest BCUT2D eigenvalue weighted by molar-refractivity contribution is 5.79. The fourth-order valence-corrected chi connectivity index (χ4v) is 26.7. The average Bonchev–Trinajstić information content (AvgIpc) is 1.40. The highest BCUT2D eigenvalue weighted by atomic mass is 16.5. The molecule has 8 spiro atoms. The van der Waals surface area contributed by atoms with Gasteiger partial charge in [0.15, 0.2) is 11.5 Å². The van der Waals surface area contributed by atoms with Gasteiger partial charge >= 0.3 is 11.9 Å². The first-order valence-corrected chi connectivity index (χ1v) is 51.5. The molecular formula is C106H190N14O7. The minimum absolute atomic E-state index is 0.0615. The number of hydrogen-bond donors (Lipinski definition) is 7. The van der Waals surface area contributed by atoms with Crippen molar-refractivity contribution < 1.29 is 34.1 Å². The molecule has 7 N–H and O–H groups in total. The summed E-state index contributed by atoms with van der Waals surface area (Å²) >= 11 is 0. The second-order valence-corrected chi connectivity index (χ2v) is 49.3. The van der Waals surface area contributed by atoms with E-state index in [4.69, 9.17) is 4.74 Å². The third kappa shape index (κ3) is 29.6. The summed E-state index contributed by atoms with van der Waals surface area (Å²) in [6.07, 6.45) is 27.0. The first kappa shape index (κ1) is 104. The van der Waals surface area contributed by atoms with Crippen LogP contribution in [0.4, 0.5) is 0 Å². The quantitative estimate of drug-likeness (QED) is 0.0566. The van der Waals surface area contributed by atoms with E-state index in [9.17, 15) is 29.4 Å². The summed E-state index contributed by atoms with van der Waals surface area (Å²) in [6, 6.07) is 0. The molecule has 18 aliphatic rings. The molecule has 18 rings (SSSR count). The van der Waals surface area contributed by atoms with Gasteiger partial charge in [-0.05, 0) is 217 Å². The lowest BCUT2D eigenvalue weighted by atomic mass is 9.72. The number of nitrogens with one attached hydrogen (secondary N) is 5. The van der Waals surface area contributed by atoms with Gasteiger partial charge in [0.2, 0.25) is 11.8 Å². The Bertz CT molecular complexity index is 3420. The van der Waals surface area contributed by atoms with Gasteiger partial charge in [0, 0.05) is 223 Å². The molecule has 2 amide bonds. The Hall–Kier alpha value is -4.74. The lowest BCUT2D eigenvalue weighted by Crippen LogP contribution is -2.72. The van der Waals surface area contributed by atoms with Crippen molar-refractivity contribution in [3.63, 3.8) is 0 Å². The van der Waals surface area contributed by atoms with E-state index in [2.05, 4.69) is 223 Å². The van der Waals surface area contributed by atoms with Crippen LogP contribution in [-0.4, -0.2) is 286 Å². The van der Waals surface area contributed by atoms with Gasteiger partial charge in [-0.15, -0.1) is 0 Å². The number of ether oxygens (including phenoxy) is 1. The van der Waals surface area contributed by atoms with Crippen LogP contribution in [0.3, 0.4) is 0 Å². The number of fused-ring (bicyclic) bond motifs is 1. The number of carboxylic acid groups (broad SMARTS) is 2. The summed E-state index contributed by atoms with van der Waals surface area (Å²) in [5.74, 6) is 8.15. The molecule has 4 unspecified atom stereocenters. The Morgan fingerprint density at radius 1 is 0.417 bits per heavy atom. The van der Waals surface area contributed by atoms with E-state index in [1.54, 1.807) is 6.92 Å². The highest BCUT2D eigenvalue weighted by Crippen LogP contribution is 2.53. The van der Waals surface area contributed by atoms with E-state index < -0.39 is 17.4 Å². The van der Waals surface area contributed by atoms with Gasteiger partial charge < -0.3 is 80.7 Å². The molecule has 14 aliphatic heterocycles. The number of nitrogens with zero attached hydrogens (tertiary/aromatic N) is 9. The summed E-state index contributed by atoms with van der Waals surface area (Å²) in [6.45, 7) is 96.3. The van der Waals surface area contributed by atoms with E-state index in [0.29, 0.717) is 44.8 Å². The summed E-state index contributed by atoms with van der Waals surface area (Å²) in [5, 5.41) is 35.2. The monoisotopic (exact) mass is 1770 g/mol. The zero-order valence-electron chi connectivity index (χ0n) is 84.7. The van der Waals surface area contributed by atoms with Crippen molar-refractivity contribution >= 4 is 23.8 Å². The fourth-order valence-electron chi connectivity index (χ4n) is 26.7. The number of aliphatic carboxylic acids is 2. The van der Waals surface area contributed by atoms with E-state index in [0.717, 1.165) is 209 Å². The van der Waals surface area contributed by atoms with E-state index >= 15 is 0 Å². The molecule has 21 nitrogen and oxygen atoms in total. The normalized spacial score (nSPS) is 29.7. The van der Waals surface area contributed by atoms with Crippen LogP contribution in [0.15, 0.2) is 61.4 Å². The van der Waals surface area contributed by atoms with Crippen LogP contribution >= 0.6 is 0 Å². The molecule has 127 heavy (non-hydrogen) atoms. The topological polar surface area (TPSA) is 207 Å². The van der Waals surface area contributed by atoms with Crippen molar-refractivity contribution in [1.29, 1.82) is 0 Å². The van der Waals surface area contributed by atoms with Crippen LogP contribution in [0.2, 0.25) is 0 Å². The number of carbonyl (C=O) groups excluding carboxylic acids is 2. The molecule has 21 heteroatoms. The van der Waals surface area contributed by atoms with Gasteiger partial charge in [-0.1, -0.05) is 176 Å². The molecule has 6 atom stereocenters. The molecule has 4 aliphatic carbocycles. The molecule has 0 bridgehead atoms. The highest BCUT2D eigenvalue weighted by Gasteiger charge is 2.57. The summed E-state index contributed by atoms with van der Waals surface area (Å²) < 4.78 is 5.65. The summed E-state index contributed by atoms with van der Waals surface area (Å²) in [4.78, 5) is 66.9. The van der Waals surface area contributed by atoms with E-state index in [1.165, 1.54) is 204 Å². The number of carboxylic acids is 2. The van der Waals surface area contributed by atoms with Crippen molar-refractivity contribution in [3.8, 4) is 0 Å². The van der Waals surface area contributed by atoms with Gasteiger partial charge in [0.1, 0.15) is 0 Å². The second kappa shape index (κ2) is 45.1. The Labute approximate surface area is 774 Å². The molecule has 0 aromatic heterocycles. The maximum Gasteiger partial charge on any atom is 0.311 e. The molecule has 0 radical (unpaired) electrons. The van der Waals surface area contributed by atoms with Gasteiger partial charge in [0.05, 0.1) is 23.4 Å². The zero-order chi connectivity index (χ0) is 92.8. The first-order chi connectivity index (χ1) is 59.7. The van der Waals surface area contributed by atoms with Crippen LogP contribution in [-0.2, 0) is 23.9 Å². The summed E-state index contributed by atoms with van der Waals surface area (Å²) in [7, 11) is 0. The van der Waals surface area contributed by atoms with Gasteiger partial charge in [0.25, 0.3) is 0 Å². The molecule has 18 fully saturated rings. The minimum atomic E-state index is -0.576. The largest absolute Gasteiger partial charge is 0.481 e.